The number of nitrogens with zero attached hydrogens (tertiary/aromatic N) is 1. The van der Waals surface area contributed by atoms with Gasteiger partial charge in [-0.1, -0.05) is 60.7 Å². The highest BCUT2D eigenvalue weighted by molar-refractivity contribution is 5.79. The van der Waals surface area contributed by atoms with Gasteiger partial charge in [-0.15, -0.1) is 0 Å². The third-order valence-corrected chi connectivity index (χ3v) is 4.36. The van der Waals surface area contributed by atoms with Gasteiger partial charge in [-0.3, -0.25) is 4.99 Å². The van der Waals surface area contributed by atoms with Gasteiger partial charge in [0.1, 0.15) is 0 Å². The number of aliphatic imine (C=N–C) groups is 1. The van der Waals surface area contributed by atoms with E-state index in [0.717, 1.165) is 25.0 Å². The highest BCUT2D eigenvalue weighted by atomic mass is 15.2. The number of benzene rings is 2. The number of rotatable bonds is 6. The van der Waals surface area contributed by atoms with Gasteiger partial charge in [0.25, 0.3) is 0 Å². The summed E-state index contributed by atoms with van der Waals surface area (Å²) in [4.78, 5) is 4.34. The molecule has 0 unspecified atom stereocenters. The average molecular weight is 307 g/mol. The standard InChI is InChI=1S/C20H25N3/c1-21-20(22-14-16-12-13-16)23-15-19(17-8-4-2-5-9-17)18-10-6-3-7-11-18/h2-11,16,19H,12-15H2,1H3,(H2,21,22,23). The number of hydrogen-bond donors (Lipinski definition) is 2. The summed E-state index contributed by atoms with van der Waals surface area (Å²) in [7, 11) is 1.84. The van der Waals surface area contributed by atoms with Crippen LogP contribution in [0.25, 0.3) is 0 Å². The molecule has 1 saturated carbocycles. The predicted octanol–water partition coefficient (Wildman–Crippen LogP) is 3.39. The van der Waals surface area contributed by atoms with E-state index < -0.39 is 0 Å². The van der Waals surface area contributed by atoms with Crippen molar-refractivity contribution in [2.45, 2.75) is 18.8 Å². The van der Waals surface area contributed by atoms with E-state index >= 15 is 0 Å². The van der Waals surface area contributed by atoms with Gasteiger partial charge in [-0.25, -0.2) is 0 Å². The maximum atomic E-state index is 4.34. The summed E-state index contributed by atoms with van der Waals surface area (Å²) in [6.45, 7) is 1.86. The van der Waals surface area contributed by atoms with Crippen LogP contribution in [0.15, 0.2) is 65.7 Å². The Hall–Kier alpha value is -2.29. The second-order valence-corrected chi connectivity index (χ2v) is 6.15. The Morgan fingerprint density at radius 3 is 2.00 bits per heavy atom. The van der Waals surface area contributed by atoms with Crippen LogP contribution in [0.5, 0.6) is 0 Å². The molecule has 2 N–H and O–H groups in total. The van der Waals surface area contributed by atoms with Gasteiger partial charge in [0.2, 0.25) is 0 Å². The van der Waals surface area contributed by atoms with Crippen LogP contribution in [-0.2, 0) is 0 Å². The van der Waals surface area contributed by atoms with Crippen LogP contribution in [0.1, 0.15) is 29.9 Å². The Morgan fingerprint density at radius 2 is 1.52 bits per heavy atom. The third kappa shape index (κ3) is 4.59. The topological polar surface area (TPSA) is 36.4 Å². The van der Waals surface area contributed by atoms with Crippen molar-refractivity contribution < 1.29 is 0 Å². The molecule has 0 radical (unpaired) electrons. The van der Waals surface area contributed by atoms with Crippen molar-refractivity contribution in [3.05, 3.63) is 71.8 Å². The first kappa shape index (κ1) is 15.6. The minimum Gasteiger partial charge on any atom is -0.356 e. The van der Waals surface area contributed by atoms with Crippen molar-refractivity contribution in [3.63, 3.8) is 0 Å². The molecule has 1 fully saturated rings. The molecule has 2 aromatic carbocycles. The molecule has 0 heterocycles. The van der Waals surface area contributed by atoms with Crippen LogP contribution in [0.3, 0.4) is 0 Å². The van der Waals surface area contributed by atoms with Gasteiger partial charge in [0, 0.05) is 26.1 Å². The van der Waals surface area contributed by atoms with Crippen molar-refractivity contribution >= 4 is 5.96 Å². The minimum atomic E-state index is 0.317. The SMILES string of the molecule is CN=C(NCC1CC1)NCC(c1ccccc1)c1ccccc1. The normalized spacial score (nSPS) is 14.8. The van der Waals surface area contributed by atoms with Crippen LogP contribution >= 0.6 is 0 Å². The summed E-state index contributed by atoms with van der Waals surface area (Å²) in [5.41, 5.74) is 2.65. The molecule has 120 valence electrons. The lowest BCUT2D eigenvalue weighted by molar-refractivity contribution is 0.705. The fourth-order valence-electron chi connectivity index (χ4n) is 2.78. The third-order valence-electron chi connectivity index (χ3n) is 4.36. The van der Waals surface area contributed by atoms with Crippen molar-refractivity contribution in [1.82, 2.24) is 10.6 Å². The minimum absolute atomic E-state index is 0.317. The van der Waals surface area contributed by atoms with E-state index in [4.69, 9.17) is 0 Å². The van der Waals surface area contributed by atoms with Gasteiger partial charge in [0.15, 0.2) is 5.96 Å². The molecule has 0 saturated heterocycles. The first-order valence-corrected chi connectivity index (χ1v) is 8.41. The maximum absolute atomic E-state index is 4.34. The zero-order valence-corrected chi connectivity index (χ0v) is 13.7. The molecule has 3 heteroatoms. The Morgan fingerprint density at radius 1 is 0.957 bits per heavy atom. The molecular weight excluding hydrogens is 282 g/mol. The van der Waals surface area contributed by atoms with Crippen molar-refractivity contribution in [2.75, 3.05) is 20.1 Å². The summed E-state index contributed by atoms with van der Waals surface area (Å²) in [5.74, 6) is 2.05. The zero-order chi connectivity index (χ0) is 15.9. The van der Waals surface area contributed by atoms with E-state index in [9.17, 15) is 0 Å². The molecule has 0 aliphatic heterocycles. The largest absolute Gasteiger partial charge is 0.356 e. The number of guanidine groups is 1. The van der Waals surface area contributed by atoms with Gasteiger partial charge in [0.05, 0.1) is 0 Å². The van der Waals surface area contributed by atoms with E-state index in [-0.39, 0.29) is 0 Å². The summed E-state index contributed by atoms with van der Waals surface area (Å²) in [6.07, 6.45) is 2.70. The molecule has 1 aliphatic rings. The van der Waals surface area contributed by atoms with Crippen LogP contribution in [-0.4, -0.2) is 26.1 Å². The fourth-order valence-corrected chi connectivity index (χ4v) is 2.78. The van der Waals surface area contributed by atoms with Crippen LogP contribution < -0.4 is 10.6 Å². The highest BCUT2D eigenvalue weighted by Gasteiger charge is 2.21. The molecule has 3 nitrogen and oxygen atoms in total. The summed E-state index contributed by atoms with van der Waals surface area (Å²) in [5, 5.41) is 6.92. The lowest BCUT2D eigenvalue weighted by atomic mass is 9.91. The van der Waals surface area contributed by atoms with Crippen LogP contribution in [0.4, 0.5) is 0 Å². The van der Waals surface area contributed by atoms with E-state index in [0.29, 0.717) is 5.92 Å². The zero-order valence-electron chi connectivity index (χ0n) is 13.7. The molecule has 1 aliphatic carbocycles. The molecule has 0 atom stereocenters. The first-order valence-electron chi connectivity index (χ1n) is 8.41. The Bertz CT molecular complexity index is 578. The van der Waals surface area contributed by atoms with E-state index in [1.165, 1.54) is 24.0 Å². The van der Waals surface area contributed by atoms with E-state index in [2.05, 4.69) is 76.3 Å². The highest BCUT2D eigenvalue weighted by Crippen LogP contribution is 2.27. The maximum Gasteiger partial charge on any atom is 0.191 e. The molecule has 0 spiro atoms. The second-order valence-electron chi connectivity index (χ2n) is 6.15. The lowest BCUT2D eigenvalue weighted by Crippen LogP contribution is -2.40. The van der Waals surface area contributed by atoms with Crippen LogP contribution in [0.2, 0.25) is 0 Å². The van der Waals surface area contributed by atoms with Crippen molar-refractivity contribution in [1.29, 1.82) is 0 Å². The predicted molar refractivity (Wildman–Crippen MR) is 96.8 cm³/mol. The molecular formula is C20H25N3. The molecule has 23 heavy (non-hydrogen) atoms. The molecule has 0 aromatic heterocycles. The van der Waals surface area contributed by atoms with Crippen molar-refractivity contribution in [3.8, 4) is 0 Å². The lowest BCUT2D eigenvalue weighted by Gasteiger charge is -2.20. The summed E-state index contributed by atoms with van der Waals surface area (Å²) in [6, 6.07) is 21.3. The second kappa shape index (κ2) is 7.82. The summed E-state index contributed by atoms with van der Waals surface area (Å²) < 4.78 is 0. The molecule has 0 amide bonds. The average Bonchev–Trinajstić information content (AvgIpc) is 3.44. The first-order chi connectivity index (χ1) is 11.4. The van der Waals surface area contributed by atoms with Crippen LogP contribution in [0, 0.1) is 5.92 Å². The quantitative estimate of drug-likeness (QED) is 0.634. The van der Waals surface area contributed by atoms with Gasteiger partial charge in [-0.05, 0) is 29.9 Å². The Labute approximate surface area is 138 Å². The Balaban J connectivity index is 1.68. The monoisotopic (exact) mass is 307 g/mol. The molecule has 3 rings (SSSR count). The number of hydrogen-bond acceptors (Lipinski definition) is 1. The molecule has 0 bridgehead atoms. The van der Waals surface area contributed by atoms with Gasteiger partial charge >= 0.3 is 0 Å². The van der Waals surface area contributed by atoms with E-state index in [1.807, 2.05) is 7.05 Å². The van der Waals surface area contributed by atoms with Gasteiger partial charge in [-0.2, -0.15) is 0 Å². The Kier molecular flexibility index (Phi) is 5.30. The fraction of sp³-hybridized carbons (Fsp3) is 0.350. The van der Waals surface area contributed by atoms with Gasteiger partial charge < -0.3 is 10.6 Å². The smallest absolute Gasteiger partial charge is 0.191 e. The van der Waals surface area contributed by atoms with E-state index in [1.54, 1.807) is 0 Å². The van der Waals surface area contributed by atoms with Crippen molar-refractivity contribution in [2.24, 2.45) is 10.9 Å². The number of nitrogens with one attached hydrogen (secondary N) is 2. The molecule has 2 aromatic rings. The summed E-state index contributed by atoms with van der Waals surface area (Å²) >= 11 is 0.